The monoisotopic (exact) mass is 517 g/mol. The van der Waals surface area contributed by atoms with E-state index >= 15 is 0 Å². The Morgan fingerprint density at radius 1 is 0.385 bits per heavy atom. The Balaban J connectivity index is 1.46. The second kappa shape index (κ2) is 8.46. The van der Waals surface area contributed by atoms with Gasteiger partial charge in [0.05, 0.1) is 5.41 Å². The molecule has 0 aliphatic heterocycles. The first-order valence-corrected chi connectivity index (χ1v) is 13.7. The maximum Gasteiger partial charge on any atom is 0.0726 e. The summed E-state index contributed by atoms with van der Waals surface area (Å²) in [5.74, 6) is 0. The van der Waals surface area contributed by atoms with E-state index in [0.29, 0.717) is 0 Å². The van der Waals surface area contributed by atoms with Crippen LogP contribution in [-0.4, -0.2) is 0 Å². The van der Waals surface area contributed by atoms with Gasteiger partial charge in [-0.15, -0.1) is 0 Å². The molecule has 6 aromatic carbocycles. The minimum atomic E-state index is -0.433. The van der Waals surface area contributed by atoms with Crippen molar-refractivity contribution in [3.05, 3.63) is 173 Å². The van der Waals surface area contributed by atoms with Crippen LogP contribution in [0.15, 0.2) is 146 Å². The van der Waals surface area contributed by atoms with Crippen LogP contribution in [0.1, 0.15) is 22.3 Å². The summed E-state index contributed by atoms with van der Waals surface area (Å²) in [5, 5.41) is 0.762. The van der Waals surface area contributed by atoms with Crippen LogP contribution >= 0.6 is 11.6 Å². The van der Waals surface area contributed by atoms with E-state index in [2.05, 4.69) is 144 Å². The highest BCUT2D eigenvalue weighted by atomic mass is 35.5. The number of nitrogens with zero attached hydrogens (tertiary/aromatic N) is 1. The van der Waals surface area contributed by atoms with Gasteiger partial charge in [-0.3, -0.25) is 0 Å². The first-order valence-electron chi connectivity index (χ1n) is 13.3. The number of hydrogen-bond acceptors (Lipinski definition) is 1. The molecule has 0 aromatic heterocycles. The fraction of sp³-hybridized carbons (Fsp3) is 0.0270. The first-order chi connectivity index (χ1) is 19.3. The molecule has 0 radical (unpaired) electrons. The molecule has 0 fully saturated rings. The number of rotatable bonds is 3. The summed E-state index contributed by atoms with van der Waals surface area (Å²) in [6.45, 7) is 0. The van der Waals surface area contributed by atoms with E-state index in [-0.39, 0.29) is 0 Å². The van der Waals surface area contributed by atoms with Crippen molar-refractivity contribution in [1.82, 2.24) is 0 Å². The third-order valence-corrected chi connectivity index (χ3v) is 8.56. The maximum absolute atomic E-state index is 6.72. The summed E-state index contributed by atoms with van der Waals surface area (Å²) in [5.41, 5.74) is 13.2. The molecule has 0 atom stereocenters. The summed E-state index contributed by atoms with van der Waals surface area (Å²) >= 11 is 6.72. The number of halogens is 1. The third kappa shape index (κ3) is 3.08. The van der Waals surface area contributed by atoms with Gasteiger partial charge in [-0.05, 0) is 93.0 Å². The molecular formula is C37H24ClN. The van der Waals surface area contributed by atoms with Gasteiger partial charge in [-0.25, -0.2) is 0 Å². The maximum atomic E-state index is 6.72. The van der Waals surface area contributed by atoms with Crippen LogP contribution in [0.3, 0.4) is 0 Å². The fourth-order valence-electron chi connectivity index (χ4n) is 6.84. The molecule has 39 heavy (non-hydrogen) atoms. The lowest BCUT2D eigenvalue weighted by Gasteiger charge is -2.32. The van der Waals surface area contributed by atoms with Gasteiger partial charge in [-0.2, -0.15) is 0 Å². The summed E-state index contributed by atoms with van der Waals surface area (Å²) < 4.78 is 0. The molecule has 1 spiro atoms. The summed E-state index contributed by atoms with van der Waals surface area (Å²) in [6, 6.07) is 52.3. The predicted octanol–water partition coefficient (Wildman–Crippen LogP) is 10.2. The van der Waals surface area contributed by atoms with E-state index in [1.54, 1.807) is 0 Å². The van der Waals surface area contributed by atoms with Crippen molar-refractivity contribution in [2.45, 2.75) is 5.41 Å². The van der Waals surface area contributed by atoms with E-state index in [0.717, 1.165) is 22.1 Å². The average molecular weight is 518 g/mol. The van der Waals surface area contributed by atoms with Gasteiger partial charge in [-0.1, -0.05) is 109 Å². The third-order valence-electron chi connectivity index (χ3n) is 8.32. The Labute approximate surface area is 233 Å². The summed E-state index contributed by atoms with van der Waals surface area (Å²) in [6.07, 6.45) is 0. The zero-order valence-corrected chi connectivity index (χ0v) is 21.9. The fourth-order valence-corrected chi connectivity index (χ4v) is 7.01. The van der Waals surface area contributed by atoms with Gasteiger partial charge in [0, 0.05) is 22.1 Å². The molecular weight excluding hydrogens is 494 g/mol. The lowest BCUT2D eigenvalue weighted by Crippen LogP contribution is -2.26. The molecule has 2 heteroatoms. The zero-order valence-electron chi connectivity index (χ0n) is 21.2. The molecule has 0 amide bonds. The number of fused-ring (bicyclic) bond motifs is 10. The Morgan fingerprint density at radius 2 is 0.846 bits per heavy atom. The minimum absolute atomic E-state index is 0.433. The first kappa shape index (κ1) is 22.4. The normalized spacial score (nSPS) is 13.5. The number of anilines is 3. The van der Waals surface area contributed by atoms with Crippen LogP contribution in [-0.2, 0) is 5.41 Å². The molecule has 8 rings (SSSR count). The van der Waals surface area contributed by atoms with Crippen LogP contribution in [0.5, 0.6) is 0 Å². The Hall–Kier alpha value is -4.59. The van der Waals surface area contributed by atoms with E-state index in [1.165, 1.54) is 44.5 Å². The zero-order chi connectivity index (χ0) is 26.0. The quantitative estimate of drug-likeness (QED) is 0.225. The van der Waals surface area contributed by atoms with Crippen molar-refractivity contribution in [2.75, 3.05) is 4.90 Å². The molecule has 0 saturated carbocycles. The molecule has 0 bridgehead atoms. The average Bonchev–Trinajstić information content (AvgIpc) is 3.45. The van der Waals surface area contributed by atoms with Gasteiger partial charge in [0.2, 0.25) is 0 Å². The van der Waals surface area contributed by atoms with Crippen LogP contribution in [0.25, 0.3) is 22.3 Å². The van der Waals surface area contributed by atoms with Crippen LogP contribution in [0, 0.1) is 0 Å². The highest BCUT2D eigenvalue weighted by molar-refractivity contribution is 6.30. The molecule has 0 saturated heterocycles. The van der Waals surface area contributed by atoms with Crippen molar-refractivity contribution in [3.8, 4) is 22.3 Å². The lowest BCUT2D eigenvalue weighted by molar-refractivity contribution is 0.793. The van der Waals surface area contributed by atoms with Gasteiger partial charge < -0.3 is 4.90 Å². The molecule has 1 nitrogen and oxygen atoms in total. The predicted molar refractivity (Wildman–Crippen MR) is 162 cm³/mol. The summed E-state index contributed by atoms with van der Waals surface area (Å²) in [4.78, 5) is 2.34. The van der Waals surface area contributed by atoms with E-state index in [9.17, 15) is 0 Å². The largest absolute Gasteiger partial charge is 0.310 e. The minimum Gasteiger partial charge on any atom is -0.310 e. The van der Waals surface area contributed by atoms with Crippen molar-refractivity contribution in [2.24, 2.45) is 0 Å². The lowest BCUT2D eigenvalue weighted by atomic mass is 9.70. The number of para-hydroxylation sites is 2. The van der Waals surface area contributed by atoms with Crippen molar-refractivity contribution in [1.29, 1.82) is 0 Å². The van der Waals surface area contributed by atoms with E-state index in [4.69, 9.17) is 11.6 Å². The molecule has 2 aliphatic carbocycles. The Morgan fingerprint density at radius 3 is 1.44 bits per heavy atom. The van der Waals surface area contributed by atoms with Crippen LogP contribution in [0.4, 0.5) is 17.1 Å². The van der Waals surface area contributed by atoms with Crippen molar-refractivity contribution < 1.29 is 0 Å². The highest BCUT2D eigenvalue weighted by Crippen LogP contribution is 2.63. The Kier molecular flexibility index (Phi) is 4.86. The van der Waals surface area contributed by atoms with Crippen LogP contribution < -0.4 is 4.90 Å². The number of hydrogen-bond donors (Lipinski definition) is 0. The molecule has 0 N–H and O–H groups in total. The van der Waals surface area contributed by atoms with Gasteiger partial charge in [0.15, 0.2) is 0 Å². The standard InChI is InChI=1S/C37H24ClN/c38-25-19-21-31-32-22-20-28(39(26-11-3-1-4-12-26)27-13-5-2-6-14-27)24-36(32)37(35(31)23-25)33-17-9-7-15-29(33)30-16-8-10-18-34(30)37/h1-24H. The molecule has 184 valence electrons. The van der Waals surface area contributed by atoms with Crippen molar-refractivity contribution in [3.63, 3.8) is 0 Å². The van der Waals surface area contributed by atoms with Crippen LogP contribution in [0.2, 0.25) is 5.02 Å². The molecule has 0 heterocycles. The summed E-state index contributed by atoms with van der Waals surface area (Å²) in [7, 11) is 0. The molecule has 0 unspecified atom stereocenters. The smallest absolute Gasteiger partial charge is 0.0726 e. The van der Waals surface area contributed by atoms with Gasteiger partial charge in [0.1, 0.15) is 0 Å². The second-order valence-electron chi connectivity index (χ2n) is 10.3. The second-order valence-corrected chi connectivity index (χ2v) is 10.7. The van der Waals surface area contributed by atoms with E-state index < -0.39 is 5.41 Å². The van der Waals surface area contributed by atoms with Gasteiger partial charge >= 0.3 is 0 Å². The van der Waals surface area contributed by atoms with Gasteiger partial charge in [0.25, 0.3) is 0 Å². The molecule has 6 aromatic rings. The Bertz CT molecular complexity index is 1790. The highest BCUT2D eigenvalue weighted by Gasteiger charge is 2.51. The van der Waals surface area contributed by atoms with Crippen molar-refractivity contribution >= 4 is 28.7 Å². The topological polar surface area (TPSA) is 3.24 Å². The molecule has 2 aliphatic rings. The van der Waals surface area contributed by atoms with E-state index in [1.807, 2.05) is 6.07 Å². The number of benzene rings is 6. The SMILES string of the molecule is Clc1ccc2c(c1)C1(c3ccccc3-c3ccccc31)c1cc(N(c3ccccc3)c3ccccc3)ccc1-2.